The van der Waals surface area contributed by atoms with Gasteiger partial charge in [-0.25, -0.2) is 8.42 Å². The Kier molecular flexibility index (Phi) is 9.04. The van der Waals surface area contributed by atoms with E-state index in [-0.39, 0.29) is 15.9 Å². The SMILES string of the molecule is CCCOc1ccc(C(=O)NC(=S)Nc2ccc(S(=O)(=O)Nc3ccc(OCC)cc3)cc2)cc1. The van der Waals surface area contributed by atoms with Gasteiger partial charge in [0.2, 0.25) is 0 Å². The molecule has 0 radical (unpaired) electrons. The quantitative estimate of drug-likeness (QED) is 0.334. The number of nitrogens with one attached hydrogen (secondary N) is 3. The Morgan fingerprint density at radius 1 is 0.829 bits per heavy atom. The third-order valence-electron chi connectivity index (χ3n) is 4.66. The number of carbonyl (C=O) groups is 1. The molecule has 0 aliphatic heterocycles. The zero-order valence-electron chi connectivity index (χ0n) is 19.4. The zero-order chi connectivity index (χ0) is 25.3. The molecule has 0 fully saturated rings. The molecule has 3 aromatic rings. The molecule has 35 heavy (non-hydrogen) atoms. The minimum atomic E-state index is -3.78. The highest BCUT2D eigenvalue weighted by molar-refractivity contribution is 7.92. The van der Waals surface area contributed by atoms with Crippen LogP contribution in [-0.2, 0) is 10.0 Å². The average Bonchev–Trinajstić information content (AvgIpc) is 2.84. The summed E-state index contributed by atoms with van der Waals surface area (Å²) in [7, 11) is -3.78. The van der Waals surface area contributed by atoms with E-state index in [0.717, 1.165) is 6.42 Å². The first-order chi connectivity index (χ1) is 16.8. The predicted molar refractivity (Wildman–Crippen MR) is 141 cm³/mol. The molecule has 3 rings (SSSR count). The number of amides is 1. The molecule has 10 heteroatoms. The fraction of sp³-hybridized carbons (Fsp3) is 0.200. The Balaban J connectivity index is 1.56. The standard InChI is InChI=1S/C25H27N3O5S2/c1-3-17-33-22-11-5-18(6-12-22)24(29)27-25(34)26-19-9-15-23(16-10-19)35(30,31)28-20-7-13-21(14-8-20)32-4-2/h5-16,28H,3-4,17H2,1-2H3,(H2,26,27,29,34). The van der Waals surface area contributed by atoms with Gasteiger partial charge in [0.25, 0.3) is 15.9 Å². The topological polar surface area (TPSA) is 106 Å². The molecule has 0 atom stereocenters. The minimum Gasteiger partial charge on any atom is -0.494 e. The van der Waals surface area contributed by atoms with Crippen LogP contribution in [0.2, 0.25) is 0 Å². The van der Waals surface area contributed by atoms with Crippen LogP contribution in [0.25, 0.3) is 0 Å². The lowest BCUT2D eigenvalue weighted by Gasteiger charge is -2.12. The Morgan fingerprint density at radius 2 is 1.40 bits per heavy atom. The summed E-state index contributed by atoms with van der Waals surface area (Å²) in [5, 5.41) is 5.56. The molecule has 3 N–H and O–H groups in total. The molecule has 0 bridgehead atoms. The summed E-state index contributed by atoms with van der Waals surface area (Å²) in [6, 6.07) is 19.4. The van der Waals surface area contributed by atoms with Gasteiger partial charge < -0.3 is 14.8 Å². The van der Waals surface area contributed by atoms with E-state index in [0.29, 0.717) is 41.7 Å². The summed E-state index contributed by atoms with van der Waals surface area (Å²) in [4.78, 5) is 12.5. The highest BCUT2D eigenvalue weighted by Gasteiger charge is 2.15. The van der Waals surface area contributed by atoms with Gasteiger partial charge in [0.15, 0.2) is 5.11 Å². The Bertz CT molecular complexity index is 1240. The minimum absolute atomic E-state index is 0.0808. The van der Waals surface area contributed by atoms with Crippen molar-refractivity contribution in [3.05, 3.63) is 78.4 Å². The van der Waals surface area contributed by atoms with Crippen LogP contribution in [0, 0.1) is 0 Å². The Morgan fingerprint density at radius 3 is 2.00 bits per heavy atom. The molecule has 0 aliphatic rings. The fourth-order valence-corrected chi connectivity index (χ4v) is 4.25. The second kappa shape index (κ2) is 12.2. The van der Waals surface area contributed by atoms with Crippen LogP contribution in [0.15, 0.2) is 77.7 Å². The summed E-state index contributed by atoms with van der Waals surface area (Å²) in [5.74, 6) is 0.978. The van der Waals surface area contributed by atoms with Gasteiger partial charge in [-0.15, -0.1) is 0 Å². The number of benzene rings is 3. The third kappa shape index (κ3) is 7.69. The highest BCUT2D eigenvalue weighted by Crippen LogP contribution is 2.21. The summed E-state index contributed by atoms with van der Waals surface area (Å²) in [6.45, 7) is 5.03. The summed E-state index contributed by atoms with van der Waals surface area (Å²) >= 11 is 5.21. The van der Waals surface area contributed by atoms with Gasteiger partial charge in [-0.1, -0.05) is 6.92 Å². The predicted octanol–water partition coefficient (Wildman–Crippen LogP) is 4.80. The number of hydrogen-bond donors (Lipinski definition) is 3. The van der Waals surface area contributed by atoms with Crippen molar-refractivity contribution >= 4 is 44.6 Å². The number of ether oxygens (including phenoxy) is 2. The van der Waals surface area contributed by atoms with Crippen molar-refractivity contribution in [2.45, 2.75) is 25.2 Å². The van der Waals surface area contributed by atoms with Crippen LogP contribution >= 0.6 is 12.2 Å². The number of hydrogen-bond acceptors (Lipinski definition) is 6. The van der Waals surface area contributed by atoms with Crippen molar-refractivity contribution in [3.8, 4) is 11.5 Å². The largest absolute Gasteiger partial charge is 0.494 e. The summed E-state index contributed by atoms with van der Waals surface area (Å²) in [6.07, 6.45) is 0.897. The molecule has 3 aromatic carbocycles. The molecule has 8 nitrogen and oxygen atoms in total. The van der Waals surface area contributed by atoms with Gasteiger partial charge in [-0.3, -0.25) is 14.8 Å². The lowest BCUT2D eigenvalue weighted by molar-refractivity contribution is 0.0977. The lowest BCUT2D eigenvalue weighted by Crippen LogP contribution is -2.34. The second-order valence-corrected chi connectivity index (χ2v) is 9.46. The van der Waals surface area contributed by atoms with Crippen LogP contribution in [-0.4, -0.2) is 32.7 Å². The van der Waals surface area contributed by atoms with Gasteiger partial charge in [-0.2, -0.15) is 0 Å². The zero-order valence-corrected chi connectivity index (χ0v) is 21.0. The van der Waals surface area contributed by atoms with Crippen molar-refractivity contribution in [2.24, 2.45) is 0 Å². The van der Waals surface area contributed by atoms with Crippen LogP contribution in [0.5, 0.6) is 11.5 Å². The molecule has 0 saturated carbocycles. The maximum absolute atomic E-state index is 12.7. The van der Waals surface area contributed by atoms with Gasteiger partial charge in [-0.05, 0) is 98.4 Å². The smallest absolute Gasteiger partial charge is 0.261 e. The molecule has 184 valence electrons. The molecular weight excluding hydrogens is 486 g/mol. The highest BCUT2D eigenvalue weighted by atomic mass is 32.2. The van der Waals surface area contributed by atoms with Gasteiger partial charge >= 0.3 is 0 Å². The van der Waals surface area contributed by atoms with E-state index >= 15 is 0 Å². The van der Waals surface area contributed by atoms with E-state index in [1.54, 1.807) is 60.7 Å². The van der Waals surface area contributed by atoms with Crippen LogP contribution < -0.4 is 24.8 Å². The van der Waals surface area contributed by atoms with Gasteiger partial charge in [0, 0.05) is 16.9 Å². The summed E-state index contributed by atoms with van der Waals surface area (Å²) < 4.78 is 38.7. The van der Waals surface area contributed by atoms with Crippen molar-refractivity contribution < 1.29 is 22.7 Å². The Hall–Kier alpha value is -3.63. The van der Waals surface area contributed by atoms with Crippen LogP contribution in [0.4, 0.5) is 11.4 Å². The van der Waals surface area contributed by atoms with E-state index in [2.05, 4.69) is 15.4 Å². The molecule has 1 amide bonds. The van der Waals surface area contributed by atoms with E-state index < -0.39 is 10.0 Å². The number of thiocarbonyl (C=S) groups is 1. The van der Waals surface area contributed by atoms with E-state index in [4.69, 9.17) is 21.7 Å². The molecular formula is C25H27N3O5S2. The third-order valence-corrected chi connectivity index (χ3v) is 6.26. The molecule has 0 unspecified atom stereocenters. The Labute approximate surface area is 210 Å². The van der Waals surface area contributed by atoms with E-state index in [1.807, 2.05) is 13.8 Å². The molecule has 0 heterocycles. The van der Waals surface area contributed by atoms with Crippen molar-refractivity contribution in [1.29, 1.82) is 0 Å². The van der Waals surface area contributed by atoms with Crippen LogP contribution in [0.1, 0.15) is 30.6 Å². The maximum atomic E-state index is 12.7. The monoisotopic (exact) mass is 513 g/mol. The molecule has 0 aromatic heterocycles. The van der Waals surface area contributed by atoms with Gasteiger partial charge in [0.05, 0.1) is 18.1 Å². The van der Waals surface area contributed by atoms with Crippen molar-refractivity contribution in [1.82, 2.24) is 5.32 Å². The average molecular weight is 514 g/mol. The first-order valence-corrected chi connectivity index (χ1v) is 12.9. The van der Waals surface area contributed by atoms with E-state index in [9.17, 15) is 13.2 Å². The first-order valence-electron chi connectivity index (χ1n) is 11.0. The van der Waals surface area contributed by atoms with Crippen LogP contribution in [0.3, 0.4) is 0 Å². The van der Waals surface area contributed by atoms with Crippen molar-refractivity contribution in [2.75, 3.05) is 23.3 Å². The molecule has 0 spiro atoms. The van der Waals surface area contributed by atoms with Gasteiger partial charge in [0.1, 0.15) is 11.5 Å². The fourth-order valence-electron chi connectivity index (χ4n) is 2.98. The number of sulfonamides is 1. The molecule has 0 saturated heterocycles. The van der Waals surface area contributed by atoms with Crippen molar-refractivity contribution in [3.63, 3.8) is 0 Å². The lowest BCUT2D eigenvalue weighted by atomic mass is 10.2. The normalized spacial score (nSPS) is 10.8. The first kappa shape index (κ1) is 26.0. The molecule has 0 aliphatic carbocycles. The maximum Gasteiger partial charge on any atom is 0.261 e. The van der Waals surface area contributed by atoms with E-state index in [1.165, 1.54) is 12.1 Å². The number of anilines is 2. The second-order valence-electron chi connectivity index (χ2n) is 7.37. The number of rotatable bonds is 10. The number of carbonyl (C=O) groups excluding carboxylic acids is 1. The summed E-state index contributed by atoms with van der Waals surface area (Å²) in [5.41, 5.74) is 1.38.